The maximum atomic E-state index is 8.84. The van der Waals surface area contributed by atoms with Crippen LogP contribution in [0.2, 0.25) is 0 Å². The third-order valence-corrected chi connectivity index (χ3v) is 4.58. The Labute approximate surface area is 126 Å². The van der Waals surface area contributed by atoms with Crippen molar-refractivity contribution in [1.82, 2.24) is 0 Å². The van der Waals surface area contributed by atoms with Gasteiger partial charge in [0.05, 0.1) is 23.9 Å². The third kappa shape index (κ3) is 3.99. The predicted octanol–water partition coefficient (Wildman–Crippen LogP) is 4.25. The zero-order valence-corrected chi connectivity index (χ0v) is 13.4. The van der Waals surface area contributed by atoms with Crippen molar-refractivity contribution in [1.29, 1.82) is 5.26 Å². The lowest BCUT2D eigenvalue weighted by molar-refractivity contribution is 0.575. The molecule has 1 unspecified atom stereocenters. The zero-order chi connectivity index (χ0) is 13.8. The Morgan fingerprint density at radius 2 is 2.37 bits per heavy atom. The van der Waals surface area contributed by atoms with Gasteiger partial charge in [0, 0.05) is 9.72 Å². The second-order valence-electron chi connectivity index (χ2n) is 4.95. The Balaban J connectivity index is 1.98. The van der Waals surface area contributed by atoms with Gasteiger partial charge in [0.1, 0.15) is 0 Å². The van der Waals surface area contributed by atoms with E-state index in [1.807, 2.05) is 12.1 Å². The van der Waals surface area contributed by atoms with Crippen LogP contribution in [-0.2, 0) is 0 Å². The molecule has 0 saturated carbocycles. The van der Waals surface area contributed by atoms with E-state index in [1.54, 1.807) is 17.8 Å². The molecule has 0 amide bonds. The van der Waals surface area contributed by atoms with E-state index in [0.29, 0.717) is 16.7 Å². The van der Waals surface area contributed by atoms with E-state index in [-0.39, 0.29) is 0 Å². The lowest BCUT2D eigenvalue weighted by Crippen LogP contribution is -2.10. The van der Waals surface area contributed by atoms with Crippen LogP contribution in [-0.4, -0.2) is 17.0 Å². The number of benzene rings is 1. The molecule has 1 aromatic rings. The minimum Gasteiger partial charge on any atom is -0.334 e. The summed E-state index contributed by atoms with van der Waals surface area (Å²) in [4.78, 5) is 4.53. The molecular weight excluding hydrogens is 322 g/mol. The number of thioether (sulfide) groups is 1. The number of nitrogens with one attached hydrogen (secondary N) is 1. The average Bonchev–Trinajstić information content (AvgIpc) is 2.78. The smallest absolute Gasteiger partial charge is 0.161 e. The Kier molecular flexibility index (Phi) is 4.89. The first kappa shape index (κ1) is 14.4. The van der Waals surface area contributed by atoms with Crippen LogP contribution in [0.4, 0.5) is 5.69 Å². The fraction of sp³-hybridized carbons (Fsp3) is 0.429. The molecule has 0 saturated heterocycles. The normalized spacial score (nSPS) is 18.3. The molecule has 0 radical (unpaired) electrons. The molecule has 3 nitrogen and oxygen atoms in total. The van der Waals surface area contributed by atoms with Crippen molar-refractivity contribution in [3.63, 3.8) is 0 Å². The SMILES string of the molecule is CC(C)CC1CN=C(Nc2ccc(C#N)cc2Br)S1. The fourth-order valence-electron chi connectivity index (χ4n) is 1.94. The van der Waals surface area contributed by atoms with Crippen molar-refractivity contribution in [2.24, 2.45) is 10.9 Å². The van der Waals surface area contributed by atoms with Crippen molar-refractivity contribution in [3.05, 3.63) is 28.2 Å². The Morgan fingerprint density at radius 3 is 3.00 bits per heavy atom. The minimum atomic E-state index is 0.583. The van der Waals surface area contributed by atoms with Crippen molar-refractivity contribution >= 4 is 38.5 Å². The first-order chi connectivity index (χ1) is 9.08. The molecule has 100 valence electrons. The van der Waals surface area contributed by atoms with E-state index in [1.165, 1.54) is 6.42 Å². The molecular formula is C14H16BrN3S. The highest BCUT2D eigenvalue weighted by atomic mass is 79.9. The molecule has 0 aliphatic carbocycles. The molecule has 1 heterocycles. The standard InChI is InChI=1S/C14H16BrN3S/c1-9(2)5-11-8-17-14(19-11)18-13-4-3-10(7-16)6-12(13)15/h3-4,6,9,11H,5,8H2,1-2H3,(H,17,18). The van der Waals surface area contributed by atoms with E-state index in [2.05, 4.69) is 46.2 Å². The maximum Gasteiger partial charge on any atom is 0.161 e. The molecule has 1 N–H and O–H groups in total. The fourth-order valence-corrected chi connectivity index (χ4v) is 3.68. The van der Waals surface area contributed by atoms with Crippen molar-refractivity contribution in [2.45, 2.75) is 25.5 Å². The summed E-state index contributed by atoms with van der Waals surface area (Å²) >= 11 is 5.28. The molecule has 0 bridgehead atoms. The van der Waals surface area contributed by atoms with Crippen LogP contribution in [0.15, 0.2) is 27.7 Å². The summed E-state index contributed by atoms with van der Waals surface area (Å²) in [5.74, 6) is 0.702. The number of nitrogens with zero attached hydrogens (tertiary/aromatic N) is 2. The van der Waals surface area contributed by atoms with Crippen molar-refractivity contribution in [2.75, 3.05) is 11.9 Å². The van der Waals surface area contributed by atoms with E-state index in [0.717, 1.165) is 21.9 Å². The Hall–Kier alpha value is -0.990. The van der Waals surface area contributed by atoms with Crippen LogP contribution >= 0.6 is 27.7 Å². The van der Waals surface area contributed by atoms with E-state index in [9.17, 15) is 0 Å². The van der Waals surface area contributed by atoms with Gasteiger partial charge in [0.2, 0.25) is 0 Å². The number of hydrogen-bond acceptors (Lipinski definition) is 4. The molecule has 1 aliphatic heterocycles. The van der Waals surface area contributed by atoms with Gasteiger partial charge in [-0.05, 0) is 46.5 Å². The molecule has 1 aromatic carbocycles. The number of nitriles is 1. The maximum absolute atomic E-state index is 8.84. The number of amidine groups is 1. The van der Waals surface area contributed by atoms with E-state index >= 15 is 0 Å². The summed E-state index contributed by atoms with van der Waals surface area (Å²) < 4.78 is 0.891. The van der Waals surface area contributed by atoms with Gasteiger partial charge in [-0.1, -0.05) is 25.6 Å². The molecule has 19 heavy (non-hydrogen) atoms. The van der Waals surface area contributed by atoms with Gasteiger partial charge >= 0.3 is 0 Å². The summed E-state index contributed by atoms with van der Waals surface area (Å²) in [6.45, 7) is 5.37. The lowest BCUT2D eigenvalue weighted by Gasteiger charge is -2.12. The predicted molar refractivity (Wildman–Crippen MR) is 85.6 cm³/mol. The Bertz CT molecular complexity index is 534. The zero-order valence-electron chi connectivity index (χ0n) is 11.0. The number of halogens is 1. The van der Waals surface area contributed by atoms with Crippen LogP contribution in [0.5, 0.6) is 0 Å². The highest BCUT2D eigenvalue weighted by Gasteiger charge is 2.20. The Morgan fingerprint density at radius 1 is 1.58 bits per heavy atom. The van der Waals surface area contributed by atoms with Crippen LogP contribution in [0.1, 0.15) is 25.8 Å². The first-order valence-electron chi connectivity index (χ1n) is 6.26. The second-order valence-corrected chi connectivity index (χ2v) is 7.09. The van der Waals surface area contributed by atoms with Gasteiger partial charge in [-0.2, -0.15) is 5.26 Å². The first-order valence-corrected chi connectivity index (χ1v) is 7.93. The lowest BCUT2D eigenvalue weighted by atomic mass is 10.1. The molecule has 0 fully saturated rings. The average molecular weight is 338 g/mol. The number of anilines is 1. The highest BCUT2D eigenvalue weighted by Crippen LogP contribution is 2.30. The number of rotatable bonds is 3. The monoisotopic (exact) mass is 337 g/mol. The van der Waals surface area contributed by atoms with Gasteiger partial charge in [-0.25, -0.2) is 0 Å². The summed E-state index contributed by atoms with van der Waals surface area (Å²) in [6, 6.07) is 7.65. The van der Waals surface area contributed by atoms with Gasteiger partial charge in [-0.15, -0.1) is 0 Å². The van der Waals surface area contributed by atoms with Gasteiger partial charge in [0.25, 0.3) is 0 Å². The summed E-state index contributed by atoms with van der Waals surface area (Å²) in [6.07, 6.45) is 1.19. The summed E-state index contributed by atoms with van der Waals surface area (Å²) in [7, 11) is 0. The topological polar surface area (TPSA) is 48.2 Å². The molecule has 0 aromatic heterocycles. The van der Waals surface area contributed by atoms with Gasteiger partial charge in [-0.3, -0.25) is 4.99 Å². The molecule has 2 rings (SSSR count). The van der Waals surface area contributed by atoms with Crippen LogP contribution < -0.4 is 5.32 Å². The van der Waals surface area contributed by atoms with Crippen molar-refractivity contribution in [3.8, 4) is 6.07 Å². The molecule has 5 heteroatoms. The highest BCUT2D eigenvalue weighted by molar-refractivity contribution is 9.10. The summed E-state index contributed by atoms with van der Waals surface area (Å²) in [5.41, 5.74) is 1.60. The van der Waals surface area contributed by atoms with Gasteiger partial charge < -0.3 is 5.32 Å². The minimum absolute atomic E-state index is 0.583. The van der Waals surface area contributed by atoms with Crippen LogP contribution in [0.25, 0.3) is 0 Å². The second kappa shape index (κ2) is 6.44. The van der Waals surface area contributed by atoms with E-state index in [4.69, 9.17) is 5.26 Å². The van der Waals surface area contributed by atoms with Crippen molar-refractivity contribution < 1.29 is 0 Å². The summed E-state index contributed by atoms with van der Waals surface area (Å²) in [5, 5.41) is 13.7. The van der Waals surface area contributed by atoms with Gasteiger partial charge in [0.15, 0.2) is 5.17 Å². The number of aliphatic imine (C=N–C) groups is 1. The van der Waals surface area contributed by atoms with Crippen LogP contribution in [0.3, 0.4) is 0 Å². The van der Waals surface area contributed by atoms with E-state index < -0.39 is 0 Å². The molecule has 1 aliphatic rings. The largest absolute Gasteiger partial charge is 0.334 e. The third-order valence-electron chi connectivity index (χ3n) is 2.79. The molecule has 0 spiro atoms. The quantitative estimate of drug-likeness (QED) is 0.896. The number of hydrogen-bond donors (Lipinski definition) is 1. The van der Waals surface area contributed by atoms with Crippen LogP contribution in [0, 0.1) is 17.2 Å². The molecule has 1 atom stereocenters.